The number of benzene rings is 1. The predicted octanol–water partition coefficient (Wildman–Crippen LogP) is 3.39. The molecule has 3 heteroatoms. The fourth-order valence-corrected chi connectivity index (χ4v) is 1.48. The second-order valence-corrected chi connectivity index (χ2v) is 3.40. The second-order valence-electron chi connectivity index (χ2n) is 3.13. The molecule has 72 valence electrons. The highest BCUT2D eigenvalue weighted by atomic mass is 35.5. The normalized spacial score (nSPS) is 10.4. The fourth-order valence-electron chi connectivity index (χ4n) is 1.35. The number of aryl methyl sites for hydroxylation is 1. The second kappa shape index (κ2) is 3.84. The summed E-state index contributed by atoms with van der Waals surface area (Å²) < 4.78 is 5.19. The van der Waals surface area contributed by atoms with Crippen LogP contribution >= 0.6 is 11.6 Å². The van der Waals surface area contributed by atoms with E-state index >= 15 is 0 Å². The quantitative estimate of drug-likeness (QED) is 0.706. The van der Waals surface area contributed by atoms with E-state index in [-0.39, 0.29) is 0 Å². The molecule has 0 atom stereocenters. The van der Waals surface area contributed by atoms with E-state index in [0.29, 0.717) is 5.88 Å². The molecule has 0 bridgehead atoms. The standard InChI is InChI=1S/C11H10ClNO/c1-8-4-2-3-5-10(8)11-6-9(7-12)13-14-11/h2-6H,7H2,1H3. The van der Waals surface area contributed by atoms with Crippen LogP contribution in [0, 0.1) is 6.92 Å². The fraction of sp³-hybridized carbons (Fsp3) is 0.182. The van der Waals surface area contributed by atoms with Crippen molar-refractivity contribution in [1.82, 2.24) is 5.16 Å². The van der Waals surface area contributed by atoms with Crippen molar-refractivity contribution in [3.63, 3.8) is 0 Å². The molecule has 0 N–H and O–H groups in total. The molecule has 0 saturated carbocycles. The third-order valence-electron chi connectivity index (χ3n) is 2.11. The monoisotopic (exact) mass is 207 g/mol. The Balaban J connectivity index is 2.44. The van der Waals surface area contributed by atoms with Crippen LogP contribution in [0.4, 0.5) is 0 Å². The van der Waals surface area contributed by atoms with Crippen LogP contribution in [0.15, 0.2) is 34.9 Å². The smallest absolute Gasteiger partial charge is 0.167 e. The molecule has 2 rings (SSSR count). The Morgan fingerprint density at radius 2 is 2.14 bits per heavy atom. The van der Waals surface area contributed by atoms with E-state index in [9.17, 15) is 0 Å². The summed E-state index contributed by atoms with van der Waals surface area (Å²) in [4.78, 5) is 0. The van der Waals surface area contributed by atoms with Crippen molar-refractivity contribution in [3.8, 4) is 11.3 Å². The highest BCUT2D eigenvalue weighted by Gasteiger charge is 2.07. The Hall–Kier alpha value is -1.28. The average molecular weight is 208 g/mol. The van der Waals surface area contributed by atoms with Gasteiger partial charge in [-0.15, -0.1) is 11.6 Å². The van der Waals surface area contributed by atoms with Gasteiger partial charge in [-0.25, -0.2) is 0 Å². The van der Waals surface area contributed by atoms with Gasteiger partial charge in [0.1, 0.15) is 0 Å². The molecule has 1 aromatic carbocycles. The first kappa shape index (κ1) is 9.28. The van der Waals surface area contributed by atoms with Crippen molar-refractivity contribution in [1.29, 1.82) is 0 Å². The van der Waals surface area contributed by atoms with Gasteiger partial charge in [0.05, 0.1) is 11.6 Å². The molecule has 0 amide bonds. The van der Waals surface area contributed by atoms with Gasteiger partial charge in [-0.2, -0.15) is 0 Å². The molecule has 14 heavy (non-hydrogen) atoms. The van der Waals surface area contributed by atoms with Gasteiger partial charge >= 0.3 is 0 Å². The van der Waals surface area contributed by atoms with Crippen LogP contribution in [0.2, 0.25) is 0 Å². The van der Waals surface area contributed by atoms with Gasteiger partial charge in [0.15, 0.2) is 5.76 Å². The third kappa shape index (κ3) is 1.66. The molecule has 2 nitrogen and oxygen atoms in total. The molecule has 0 aliphatic heterocycles. The van der Waals surface area contributed by atoms with Gasteiger partial charge in [-0.3, -0.25) is 0 Å². The van der Waals surface area contributed by atoms with Crippen molar-refractivity contribution in [2.75, 3.05) is 0 Å². The van der Waals surface area contributed by atoms with E-state index in [1.54, 1.807) is 0 Å². The minimum atomic E-state index is 0.384. The Morgan fingerprint density at radius 1 is 1.36 bits per heavy atom. The summed E-state index contributed by atoms with van der Waals surface area (Å²) in [7, 11) is 0. The minimum Gasteiger partial charge on any atom is -0.356 e. The van der Waals surface area contributed by atoms with Gasteiger partial charge in [-0.1, -0.05) is 29.4 Å². The molecule has 2 aromatic rings. The van der Waals surface area contributed by atoms with Crippen LogP contribution in [0.1, 0.15) is 11.3 Å². The lowest BCUT2D eigenvalue weighted by molar-refractivity contribution is 0.426. The van der Waals surface area contributed by atoms with Crippen molar-refractivity contribution < 1.29 is 4.52 Å². The summed E-state index contributed by atoms with van der Waals surface area (Å²) in [5.41, 5.74) is 3.01. The average Bonchev–Trinajstić information content (AvgIpc) is 2.67. The molecule has 0 aliphatic carbocycles. The summed E-state index contributed by atoms with van der Waals surface area (Å²) >= 11 is 5.64. The maximum absolute atomic E-state index is 5.64. The summed E-state index contributed by atoms with van der Waals surface area (Å²) in [5.74, 6) is 1.16. The number of hydrogen-bond donors (Lipinski definition) is 0. The number of alkyl halides is 1. The van der Waals surface area contributed by atoms with Crippen LogP contribution in [-0.2, 0) is 5.88 Å². The van der Waals surface area contributed by atoms with E-state index in [1.807, 2.05) is 37.3 Å². The Bertz CT molecular complexity index is 436. The molecule has 1 heterocycles. The van der Waals surface area contributed by atoms with E-state index in [4.69, 9.17) is 16.1 Å². The number of aromatic nitrogens is 1. The summed E-state index contributed by atoms with van der Waals surface area (Å²) in [5, 5.41) is 3.85. The van der Waals surface area contributed by atoms with E-state index < -0.39 is 0 Å². The van der Waals surface area contributed by atoms with Crippen molar-refractivity contribution in [2.45, 2.75) is 12.8 Å². The van der Waals surface area contributed by atoms with Crippen LogP contribution in [0.3, 0.4) is 0 Å². The minimum absolute atomic E-state index is 0.384. The van der Waals surface area contributed by atoms with E-state index in [0.717, 1.165) is 17.0 Å². The SMILES string of the molecule is Cc1ccccc1-c1cc(CCl)no1. The zero-order valence-electron chi connectivity index (χ0n) is 7.83. The lowest BCUT2D eigenvalue weighted by atomic mass is 10.1. The highest BCUT2D eigenvalue weighted by molar-refractivity contribution is 6.16. The predicted molar refractivity (Wildman–Crippen MR) is 56.2 cm³/mol. The largest absolute Gasteiger partial charge is 0.356 e. The summed E-state index contributed by atoms with van der Waals surface area (Å²) in [6.45, 7) is 2.04. The van der Waals surface area contributed by atoms with Gasteiger partial charge in [0.2, 0.25) is 0 Å². The van der Waals surface area contributed by atoms with Crippen molar-refractivity contribution in [3.05, 3.63) is 41.6 Å². The molecule has 0 saturated heterocycles. The van der Waals surface area contributed by atoms with E-state index in [2.05, 4.69) is 5.16 Å². The first-order chi connectivity index (χ1) is 6.81. The molecule has 0 unspecified atom stereocenters. The van der Waals surface area contributed by atoms with Crippen molar-refractivity contribution in [2.24, 2.45) is 0 Å². The zero-order chi connectivity index (χ0) is 9.97. The Labute approximate surface area is 87.5 Å². The van der Waals surface area contributed by atoms with Gasteiger partial charge in [0.25, 0.3) is 0 Å². The van der Waals surface area contributed by atoms with Crippen LogP contribution in [-0.4, -0.2) is 5.16 Å². The molecule has 0 aliphatic rings. The highest BCUT2D eigenvalue weighted by Crippen LogP contribution is 2.23. The number of nitrogens with zero attached hydrogens (tertiary/aromatic N) is 1. The van der Waals surface area contributed by atoms with Crippen LogP contribution in [0.25, 0.3) is 11.3 Å². The Kier molecular flexibility index (Phi) is 2.55. The molecular formula is C11H10ClNO. The molecule has 0 radical (unpaired) electrons. The van der Waals surface area contributed by atoms with Crippen LogP contribution < -0.4 is 0 Å². The molecule has 0 spiro atoms. The first-order valence-electron chi connectivity index (χ1n) is 4.39. The number of halogens is 1. The molecular weight excluding hydrogens is 198 g/mol. The lowest BCUT2D eigenvalue weighted by Crippen LogP contribution is -1.78. The van der Waals surface area contributed by atoms with Crippen molar-refractivity contribution >= 4 is 11.6 Å². The maximum Gasteiger partial charge on any atom is 0.167 e. The van der Waals surface area contributed by atoms with Gasteiger partial charge in [0, 0.05) is 11.6 Å². The topological polar surface area (TPSA) is 26.0 Å². The zero-order valence-corrected chi connectivity index (χ0v) is 8.58. The third-order valence-corrected chi connectivity index (χ3v) is 2.38. The molecule has 1 aromatic heterocycles. The number of hydrogen-bond acceptors (Lipinski definition) is 2. The maximum atomic E-state index is 5.64. The Morgan fingerprint density at radius 3 is 2.79 bits per heavy atom. The first-order valence-corrected chi connectivity index (χ1v) is 4.92. The van der Waals surface area contributed by atoms with Crippen LogP contribution in [0.5, 0.6) is 0 Å². The van der Waals surface area contributed by atoms with Gasteiger partial charge in [-0.05, 0) is 12.5 Å². The lowest BCUT2D eigenvalue weighted by Gasteiger charge is -1.98. The van der Waals surface area contributed by atoms with Gasteiger partial charge < -0.3 is 4.52 Å². The summed E-state index contributed by atoms with van der Waals surface area (Å²) in [6, 6.07) is 9.89. The number of rotatable bonds is 2. The molecule has 0 fully saturated rings. The summed E-state index contributed by atoms with van der Waals surface area (Å²) in [6.07, 6.45) is 0. The van der Waals surface area contributed by atoms with E-state index in [1.165, 1.54) is 5.56 Å².